The summed E-state index contributed by atoms with van der Waals surface area (Å²) in [7, 11) is 2.05. The number of pyridine rings is 1. The minimum absolute atomic E-state index is 0.632. The molecular formula is C11H15N3. The molecule has 0 aliphatic heterocycles. The lowest BCUT2D eigenvalue weighted by atomic mass is 10.3. The minimum Gasteiger partial charge on any atom is -0.301 e. The predicted molar refractivity (Wildman–Crippen MR) is 55.4 cm³/mol. The van der Waals surface area contributed by atoms with Gasteiger partial charge in [0, 0.05) is 19.2 Å². The van der Waals surface area contributed by atoms with Crippen molar-refractivity contribution in [2.75, 3.05) is 13.6 Å². The monoisotopic (exact) mass is 189 g/mol. The third kappa shape index (κ3) is 4.01. The summed E-state index contributed by atoms with van der Waals surface area (Å²) in [5.74, 6) is 0. The quantitative estimate of drug-likeness (QED) is 0.663. The second-order valence-corrected chi connectivity index (χ2v) is 3.32. The van der Waals surface area contributed by atoms with Crippen molar-refractivity contribution < 1.29 is 0 Å². The van der Waals surface area contributed by atoms with Crippen LogP contribution < -0.4 is 0 Å². The maximum Gasteiger partial charge on any atom is 0.0622 e. The van der Waals surface area contributed by atoms with E-state index < -0.39 is 0 Å². The molecule has 0 aromatic carbocycles. The lowest BCUT2D eigenvalue weighted by Gasteiger charge is -2.14. The molecule has 0 saturated carbocycles. The van der Waals surface area contributed by atoms with Gasteiger partial charge in [0.05, 0.1) is 11.8 Å². The van der Waals surface area contributed by atoms with Crippen LogP contribution in [0.5, 0.6) is 0 Å². The van der Waals surface area contributed by atoms with Gasteiger partial charge in [-0.05, 0) is 32.1 Å². The van der Waals surface area contributed by atoms with Crippen molar-refractivity contribution in [2.24, 2.45) is 0 Å². The lowest BCUT2D eigenvalue weighted by Crippen LogP contribution is -2.19. The molecule has 0 atom stereocenters. The van der Waals surface area contributed by atoms with E-state index in [9.17, 15) is 0 Å². The van der Waals surface area contributed by atoms with Crippen LogP contribution in [0.1, 0.15) is 18.5 Å². The standard InChI is InChI=1S/C11H15N3/c1-14(9-5-3-7-12)10-11-6-2-4-8-13-11/h2,4,6,8H,3,5,9-10H2,1H3. The van der Waals surface area contributed by atoms with Crippen molar-refractivity contribution in [3.05, 3.63) is 30.1 Å². The molecule has 0 unspecified atom stereocenters. The van der Waals surface area contributed by atoms with Gasteiger partial charge in [-0.25, -0.2) is 0 Å². The second kappa shape index (κ2) is 6.11. The van der Waals surface area contributed by atoms with Crippen LogP contribution in [-0.4, -0.2) is 23.5 Å². The van der Waals surface area contributed by atoms with Gasteiger partial charge >= 0.3 is 0 Å². The molecule has 0 aliphatic carbocycles. The molecule has 0 bridgehead atoms. The Morgan fingerprint density at radius 3 is 3.00 bits per heavy atom. The second-order valence-electron chi connectivity index (χ2n) is 3.32. The van der Waals surface area contributed by atoms with E-state index in [0.29, 0.717) is 6.42 Å². The number of hydrogen-bond donors (Lipinski definition) is 0. The van der Waals surface area contributed by atoms with E-state index in [0.717, 1.165) is 25.2 Å². The van der Waals surface area contributed by atoms with Gasteiger partial charge in [-0.2, -0.15) is 5.26 Å². The van der Waals surface area contributed by atoms with Crippen molar-refractivity contribution in [2.45, 2.75) is 19.4 Å². The average molecular weight is 189 g/mol. The molecule has 0 N–H and O–H groups in total. The van der Waals surface area contributed by atoms with Crippen LogP contribution in [0.4, 0.5) is 0 Å². The fourth-order valence-corrected chi connectivity index (χ4v) is 1.28. The predicted octanol–water partition coefficient (Wildman–Crippen LogP) is 1.82. The fourth-order valence-electron chi connectivity index (χ4n) is 1.28. The van der Waals surface area contributed by atoms with Gasteiger partial charge < -0.3 is 4.90 Å². The molecule has 0 aliphatic rings. The normalized spacial score (nSPS) is 10.1. The third-order valence-electron chi connectivity index (χ3n) is 1.99. The molecule has 1 aromatic heterocycles. The van der Waals surface area contributed by atoms with Crippen LogP contribution in [0.2, 0.25) is 0 Å². The highest BCUT2D eigenvalue weighted by Gasteiger charge is 1.99. The lowest BCUT2D eigenvalue weighted by molar-refractivity contribution is 0.320. The first-order valence-electron chi connectivity index (χ1n) is 4.78. The SMILES string of the molecule is CN(CCCC#N)Cc1ccccn1. The van der Waals surface area contributed by atoms with Gasteiger partial charge in [-0.15, -0.1) is 0 Å². The van der Waals surface area contributed by atoms with Crippen LogP contribution >= 0.6 is 0 Å². The molecule has 0 spiro atoms. The molecule has 3 nitrogen and oxygen atoms in total. The van der Waals surface area contributed by atoms with Crippen LogP contribution in [0.3, 0.4) is 0 Å². The third-order valence-corrected chi connectivity index (χ3v) is 1.99. The van der Waals surface area contributed by atoms with Crippen molar-refractivity contribution in [1.29, 1.82) is 5.26 Å². The Kier molecular flexibility index (Phi) is 4.66. The fraction of sp³-hybridized carbons (Fsp3) is 0.455. The van der Waals surface area contributed by atoms with Crippen LogP contribution in [0, 0.1) is 11.3 Å². The molecule has 74 valence electrons. The van der Waals surface area contributed by atoms with Crippen molar-refractivity contribution >= 4 is 0 Å². The highest BCUT2D eigenvalue weighted by atomic mass is 15.1. The van der Waals surface area contributed by atoms with E-state index in [-0.39, 0.29) is 0 Å². The largest absolute Gasteiger partial charge is 0.301 e. The average Bonchev–Trinajstić information content (AvgIpc) is 2.20. The summed E-state index contributed by atoms with van der Waals surface area (Å²) >= 11 is 0. The van der Waals surface area contributed by atoms with Gasteiger partial charge in [0.1, 0.15) is 0 Å². The number of aromatic nitrogens is 1. The smallest absolute Gasteiger partial charge is 0.0622 e. The Morgan fingerprint density at radius 2 is 2.36 bits per heavy atom. The molecule has 0 saturated heterocycles. The van der Waals surface area contributed by atoms with Crippen molar-refractivity contribution in [3.8, 4) is 6.07 Å². The number of rotatable bonds is 5. The van der Waals surface area contributed by atoms with E-state index in [4.69, 9.17) is 5.26 Å². The molecular weight excluding hydrogens is 174 g/mol. The van der Waals surface area contributed by atoms with Crippen LogP contribution in [-0.2, 0) is 6.54 Å². The van der Waals surface area contributed by atoms with Crippen LogP contribution in [0.15, 0.2) is 24.4 Å². The van der Waals surface area contributed by atoms with E-state index in [1.54, 1.807) is 6.20 Å². The summed E-state index contributed by atoms with van der Waals surface area (Å²) in [5.41, 5.74) is 1.08. The minimum atomic E-state index is 0.632. The Balaban J connectivity index is 2.28. The first-order valence-corrected chi connectivity index (χ1v) is 4.78. The number of hydrogen-bond acceptors (Lipinski definition) is 3. The number of nitrogens with zero attached hydrogens (tertiary/aromatic N) is 3. The topological polar surface area (TPSA) is 39.9 Å². The molecule has 1 rings (SSSR count). The number of unbranched alkanes of at least 4 members (excludes halogenated alkanes) is 1. The zero-order chi connectivity index (χ0) is 10.2. The first-order chi connectivity index (χ1) is 6.83. The van der Waals surface area contributed by atoms with Gasteiger partial charge in [0.25, 0.3) is 0 Å². The van der Waals surface area contributed by atoms with E-state index in [2.05, 4.69) is 16.0 Å². The Hall–Kier alpha value is -1.40. The number of nitriles is 1. The maximum absolute atomic E-state index is 8.39. The summed E-state index contributed by atoms with van der Waals surface area (Å²) in [4.78, 5) is 6.42. The Labute approximate surface area is 85.0 Å². The summed E-state index contributed by atoms with van der Waals surface area (Å²) in [5, 5.41) is 8.39. The molecule has 1 aromatic rings. The molecule has 0 amide bonds. The highest BCUT2D eigenvalue weighted by molar-refractivity contribution is 5.02. The summed E-state index contributed by atoms with van der Waals surface area (Å²) in [6, 6.07) is 8.07. The highest BCUT2D eigenvalue weighted by Crippen LogP contribution is 2.00. The van der Waals surface area contributed by atoms with E-state index >= 15 is 0 Å². The molecule has 1 heterocycles. The summed E-state index contributed by atoms with van der Waals surface area (Å²) in [6.07, 6.45) is 3.37. The van der Waals surface area contributed by atoms with E-state index in [1.165, 1.54) is 0 Å². The molecule has 0 radical (unpaired) electrons. The first kappa shape index (κ1) is 10.7. The van der Waals surface area contributed by atoms with Crippen LogP contribution in [0.25, 0.3) is 0 Å². The molecule has 14 heavy (non-hydrogen) atoms. The van der Waals surface area contributed by atoms with Crippen molar-refractivity contribution in [1.82, 2.24) is 9.88 Å². The summed E-state index contributed by atoms with van der Waals surface area (Å²) < 4.78 is 0. The van der Waals surface area contributed by atoms with Gasteiger partial charge in [-0.3, -0.25) is 4.98 Å². The zero-order valence-electron chi connectivity index (χ0n) is 8.48. The molecule has 3 heteroatoms. The van der Waals surface area contributed by atoms with Crippen molar-refractivity contribution in [3.63, 3.8) is 0 Å². The Bertz CT molecular complexity index is 289. The molecule has 0 fully saturated rings. The zero-order valence-corrected chi connectivity index (χ0v) is 8.48. The van der Waals surface area contributed by atoms with E-state index in [1.807, 2.05) is 25.2 Å². The summed E-state index contributed by atoms with van der Waals surface area (Å²) in [6.45, 7) is 1.80. The van der Waals surface area contributed by atoms with Gasteiger partial charge in [0.15, 0.2) is 0 Å². The maximum atomic E-state index is 8.39. The van der Waals surface area contributed by atoms with Gasteiger partial charge in [0.2, 0.25) is 0 Å². The Morgan fingerprint density at radius 1 is 1.50 bits per heavy atom. The van der Waals surface area contributed by atoms with Gasteiger partial charge in [-0.1, -0.05) is 6.07 Å².